The Morgan fingerprint density at radius 3 is 2.50 bits per heavy atom. The van der Waals surface area contributed by atoms with Crippen molar-refractivity contribution >= 4 is 23.1 Å². The first-order valence-electron chi connectivity index (χ1n) is 5.55. The van der Waals surface area contributed by atoms with Gasteiger partial charge in [-0.3, -0.25) is 15.0 Å². The Bertz CT molecular complexity index is 689. The molecule has 1 aliphatic rings. The van der Waals surface area contributed by atoms with E-state index in [4.69, 9.17) is 11.1 Å². The molecule has 6 N–H and O–H groups in total. The fourth-order valence-corrected chi connectivity index (χ4v) is 1.71. The molecule has 0 spiro atoms. The highest BCUT2D eigenvalue weighted by molar-refractivity contribution is 6.54. The number of ketones is 1. The number of hydrogen-bond acceptors (Lipinski definition) is 6. The number of primary amides is 1. The zero-order valence-electron chi connectivity index (χ0n) is 10.2. The molecule has 7 nitrogen and oxygen atoms in total. The lowest BCUT2D eigenvalue weighted by Gasteiger charge is -2.17. The summed E-state index contributed by atoms with van der Waals surface area (Å²) in [6, 6.07) is 6.15. The molecule has 0 heterocycles. The maximum absolute atomic E-state index is 11.6. The number of phenols is 1. The molecular weight excluding hydrogens is 262 g/mol. The molecule has 0 aliphatic heterocycles. The second kappa shape index (κ2) is 4.88. The highest BCUT2D eigenvalue weighted by atomic mass is 16.3. The van der Waals surface area contributed by atoms with Crippen molar-refractivity contribution in [3.05, 3.63) is 47.4 Å². The van der Waals surface area contributed by atoms with Crippen molar-refractivity contribution < 1.29 is 19.8 Å². The Morgan fingerprint density at radius 1 is 1.25 bits per heavy atom. The number of nitrogens with two attached hydrogens (primary N) is 1. The number of carbonyl (C=O) groups is 2. The SMILES string of the molecule is N=C1C(=O)C=C(Nc2ccccc2O)C(O)=C1C(N)=O. The molecular formula is C13H11N3O4. The molecule has 0 atom stereocenters. The van der Waals surface area contributed by atoms with Crippen LogP contribution in [0.5, 0.6) is 5.75 Å². The van der Waals surface area contributed by atoms with E-state index in [0.29, 0.717) is 0 Å². The first-order chi connectivity index (χ1) is 9.41. The van der Waals surface area contributed by atoms with E-state index in [1.807, 2.05) is 0 Å². The van der Waals surface area contributed by atoms with Crippen molar-refractivity contribution in [2.24, 2.45) is 5.73 Å². The summed E-state index contributed by atoms with van der Waals surface area (Å²) >= 11 is 0. The topological polar surface area (TPSA) is 136 Å². The van der Waals surface area contributed by atoms with Crippen LogP contribution in [-0.4, -0.2) is 27.6 Å². The first kappa shape index (κ1) is 13.3. The van der Waals surface area contributed by atoms with E-state index in [-0.39, 0.29) is 17.1 Å². The Kier molecular flexibility index (Phi) is 3.26. The molecule has 0 saturated carbocycles. The van der Waals surface area contributed by atoms with Crippen molar-refractivity contribution in [1.29, 1.82) is 5.41 Å². The van der Waals surface area contributed by atoms with Crippen LogP contribution in [0.25, 0.3) is 0 Å². The monoisotopic (exact) mass is 273 g/mol. The number of rotatable bonds is 3. The number of aromatic hydroxyl groups is 1. The maximum Gasteiger partial charge on any atom is 0.254 e. The number of allylic oxidation sites excluding steroid dienone is 1. The number of para-hydroxylation sites is 2. The third-order valence-electron chi connectivity index (χ3n) is 2.68. The second-order valence-corrected chi connectivity index (χ2v) is 4.03. The van der Waals surface area contributed by atoms with Crippen molar-refractivity contribution in [1.82, 2.24) is 0 Å². The van der Waals surface area contributed by atoms with Crippen LogP contribution in [-0.2, 0) is 9.59 Å². The molecule has 0 fully saturated rings. The summed E-state index contributed by atoms with van der Waals surface area (Å²) in [5, 5.41) is 29.6. The van der Waals surface area contributed by atoms with E-state index in [2.05, 4.69) is 5.32 Å². The van der Waals surface area contributed by atoms with Crippen molar-refractivity contribution in [2.75, 3.05) is 5.32 Å². The lowest BCUT2D eigenvalue weighted by molar-refractivity contribution is -0.115. The second-order valence-electron chi connectivity index (χ2n) is 4.03. The highest BCUT2D eigenvalue weighted by Crippen LogP contribution is 2.27. The van der Waals surface area contributed by atoms with E-state index in [0.717, 1.165) is 6.08 Å². The van der Waals surface area contributed by atoms with Gasteiger partial charge < -0.3 is 21.3 Å². The van der Waals surface area contributed by atoms with Gasteiger partial charge in [0.2, 0.25) is 5.78 Å². The van der Waals surface area contributed by atoms with Gasteiger partial charge in [0.1, 0.15) is 17.0 Å². The Morgan fingerprint density at radius 2 is 1.90 bits per heavy atom. The molecule has 0 aromatic heterocycles. The van der Waals surface area contributed by atoms with Gasteiger partial charge in [-0.05, 0) is 12.1 Å². The van der Waals surface area contributed by atoms with E-state index in [9.17, 15) is 19.8 Å². The molecule has 0 unspecified atom stereocenters. The Labute approximate surface area is 113 Å². The predicted molar refractivity (Wildman–Crippen MR) is 71.4 cm³/mol. The average Bonchev–Trinajstić information content (AvgIpc) is 2.38. The van der Waals surface area contributed by atoms with Crippen LogP contribution in [0, 0.1) is 5.41 Å². The fraction of sp³-hybridized carbons (Fsp3) is 0. The van der Waals surface area contributed by atoms with Gasteiger partial charge in [-0.2, -0.15) is 0 Å². The molecule has 1 aromatic rings. The quantitative estimate of drug-likeness (QED) is 0.405. The van der Waals surface area contributed by atoms with Crippen molar-refractivity contribution in [3.63, 3.8) is 0 Å². The first-order valence-corrected chi connectivity index (χ1v) is 5.55. The average molecular weight is 273 g/mol. The third kappa shape index (κ3) is 2.24. The molecule has 7 heteroatoms. The Hall–Kier alpha value is -3.09. The zero-order valence-corrected chi connectivity index (χ0v) is 10.2. The number of benzene rings is 1. The number of hydrogen-bond donors (Lipinski definition) is 5. The fourth-order valence-electron chi connectivity index (χ4n) is 1.71. The minimum absolute atomic E-state index is 0.102. The van der Waals surface area contributed by atoms with Gasteiger partial charge >= 0.3 is 0 Å². The molecule has 0 bridgehead atoms. The summed E-state index contributed by atoms with van der Waals surface area (Å²) in [6.45, 7) is 0. The van der Waals surface area contributed by atoms with Crippen LogP contribution in [0.15, 0.2) is 47.4 Å². The smallest absolute Gasteiger partial charge is 0.254 e. The molecule has 1 amide bonds. The normalized spacial score (nSPS) is 15.1. The number of carbonyl (C=O) groups excluding carboxylic acids is 2. The van der Waals surface area contributed by atoms with Crippen LogP contribution in [0.4, 0.5) is 5.69 Å². The van der Waals surface area contributed by atoms with Crippen molar-refractivity contribution in [3.8, 4) is 5.75 Å². The number of anilines is 1. The lowest BCUT2D eigenvalue weighted by Crippen LogP contribution is -2.31. The van der Waals surface area contributed by atoms with E-state index < -0.39 is 28.7 Å². The van der Waals surface area contributed by atoms with Crippen LogP contribution in [0.3, 0.4) is 0 Å². The summed E-state index contributed by atoms with van der Waals surface area (Å²) in [6.07, 6.45) is 0.955. The standard InChI is InChI=1S/C13H11N3O4/c14-11-9(18)5-7(12(19)10(11)13(15)20)16-6-3-1-2-4-8(6)17/h1-5,14,16-17,19H,(H2,15,20). The van der Waals surface area contributed by atoms with Gasteiger partial charge in [0, 0.05) is 6.08 Å². The molecule has 0 radical (unpaired) electrons. The maximum atomic E-state index is 11.6. The zero-order chi connectivity index (χ0) is 14.9. The summed E-state index contributed by atoms with van der Waals surface area (Å²) in [7, 11) is 0. The molecule has 20 heavy (non-hydrogen) atoms. The summed E-state index contributed by atoms with van der Waals surface area (Å²) in [5.74, 6) is -2.56. The van der Waals surface area contributed by atoms with Crippen LogP contribution < -0.4 is 11.1 Å². The minimum Gasteiger partial charge on any atom is -0.506 e. The lowest BCUT2D eigenvalue weighted by atomic mass is 9.97. The van der Waals surface area contributed by atoms with Crippen molar-refractivity contribution in [2.45, 2.75) is 0 Å². The highest BCUT2D eigenvalue weighted by Gasteiger charge is 2.29. The number of aliphatic hydroxyl groups is 1. The number of nitrogens with one attached hydrogen (secondary N) is 2. The number of aliphatic hydroxyl groups excluding tert-OH is 1. The van der Waals surface area contributed by atoms with Gasteiger partial charge in [0.05, 0.1) is 11.4 Å². The molecule has 102 valence electrons. The number of amides is 1. The van der Waals surface area contributed by atoms with Gasteiger partial charge in [-0.1, -0.05) is 12.1 Å². The minimum atomic E-state index is -1.08. The third-order valence-corrected chi connectivity index (χ3v) is 2.68. The van der Waals surface area contributed by atoms with Crippen LogP contribution in [0.1, 0.15) is 0 Å². The van der Waals surface area contributed by atoms with Gasteiger partial charge in [-0.15, -0.1) is 0 Å². The van der Waals surface area contributed by atoms with Crippen LogP contribution >= 0.6 is 0 Å². The van der Waals surface area contributed by atoms with Gasteiger partial charge in [-0.25, -0.2) is 0 Å². The van der Waals surface area contributed by atoms with E-state index in [1.165, 1.54) is 12.1 Å². The van der Waals surface area contributed by atoms with Crippen LogP contribution in [0.2, 0.25) is 0 Å². The molecule has 2 rings (SSSR count). The Balaban J connectivity index is 2.44. The molecule has 1 aromatic carbocycles. The summed E-state index contributed by atoms with van der Waals surface area (Å²) < 4.78 is 0. The summed E-state index contributed by atoms with van der Waals surface area (Å²) in [5.41, 5.74) is 3.93. The summed E-state index contributed by atoms with van der Waals surface area (Å²) in [4.78, 5) is 22.8. The van der Waals surface area contributed by atoms with Gasteiger partial charge in [0.25, 0.3) is 5.91 Å². The molecule has 1 aliphatic carbocycles. The van der Waals surface area contributed by atoms with Gasteiger partial charge in [0.15, 0.2) is 5.76 Å². The van der Waals surface area contributed by atoms with E-state index >= 15 is 0 Å². The number of phenolic OH excluding ortho intramolecular Hbond substituents is 1. The van der Waals surface area contributed by atoms with E-state index in [1.54, 1.807) is 12.1 Å². The molecule has 0 saturated heterocycles. The predicted octanol–water partition coefficient (Wildman–Crippen LogP) is 0.588. The largest absolute Gasteiger partial charge is 0.506 e.